The number of hydrogen-bond donors (Lipinski definition) is 3. The van der Waals surface area contributed by atoms with Gasteiger partial charge in [0.15, 0.2) is 0 Å². The highest BCUT2D eigenvalue weighted by atomic mass is 79.9. The van der Waals surface area contributed by atoms with Crippen LogP contribution >= 0.6 is 27.5 Å². The quantitative estimate of drug-likeness (QED) is 0.786. The van der Waals surface area contributed by atoms with E-state index in [-0.39, 0.29) is 12.6 Å². The van der Waals surface area contributed by atoms with Crippen molar-refractivity contribution in [2.45, 2.75) is 31.2 Å². The van der Waals surface area contributed by atoms with Crippen LogP contribution < -0.4 is 10.6 Å². The van der Waals surface area contributed by atoms with Gasteiger partial charge in [0.2, 0.25) is 0 Å². The molecule has 1 aromatic rings. The summed E-state index contributed by atoms with van der Waals surface area (Å²) in [5.74, 6) is 0. The first-order chi connectivity index (χ1) is 9.06. The molecule has 104 valence electrons. The second-order valence-electron chi connectivity index (χ2n) is 4.71. The zero-order chi connectivity index (χ0) is 13.9. The lowest BCUT2D eigenvalue weighted by molar-refractivity contribution is 0.167. The van der Waals surface area contributed by atoms with Crippen molar-refractivity contribution in [1.29, 1.82) is 0 Å². The van der Waals surface area contributed by atoms with Crippen molar-refractivity contribution >= 4 is 39.2 Å². The molecule has 7 heteroatoms. The fourth-order valence-corrected chi connectivity index (χ4v) is 2.75. The van der Waals surface area contributed by atoms with Crippen LogP contribution in [0.4, 0.5) is 10.5 Å². The Morgan fingerprint density at radius 2 is 2.16 bits per heavy atom. The smallest absolute Gasteiger partial charge is 0.319 e. The van der Waals surface area contributed by atoms with Crippen LogP contribution in [0.15, 0.2) is 16.9 Å². The van der Waals surface area contributed by atoms with Gasteiger partial charge in [-0.1, -0.05) is 24.4 Å². The van der Waals surface area contributed by atoms with Crippen LogP contribution in [-0.2, 0) is 0 Å². The van der Waals surface area contributed by atoms with Gasteiger partial charge in [0.25, 0.3) is 0 Å². The summed E-state index contributed by atoms with van der Waals surface area (Å²) in [5, 5.41) is 15.3. The number of aromatic nitrogens is 1. The molecule has 1 heterocycles. The van der Waals surface area contributed by atoms with Crippen molar-refractivity contribution in [2.75, 3.05) is 11.9 Å². The maximum Gasteiger partial charge on any atom is 0.319 e. The Labute approximate surface area is 124 Å². The Hall–Kier alpha value is -0.850. The highest BCUT2D eigenvalue weighted by molar-refractivity contribution is 9.10. The molecule has 1 aliphatic rings. The summed E-state index contributed by atoms with van der Waals surface area (Å²) in [7, 11) is 0. The zero-order valence-corrected chi connectivity index (χ0v) is 12.6. The summed E-state index contributed by atoms with van der Waals surface area (Å²) >= 11 is 9.29. The Bertz CT molecular complexity index is 478. The fraction of sp³-hybridized carbons (Fsp3) is 0.500. The first kappa shape index (κ1) is 14.6. The summed E-state index contributed by atoms with van der Waals surface area (Å²) in [5.41, 5.74) is -0.0738. The van der Waals surface area contributed by atoms with E-state index in [1.54, 1.807) is 6.20 Å². The molecule has 2 amide bonds. The van der Waals surface area contributed by atoms with Crippen molar-refractivity contribution < 1.29 is 9.90 Å². The van der Waals surface area contributed by atoms with E-state index in [2.05, 4.69) is 31.5 Å². The molecule has 3 N–H and O–H groups in total. The number of anilines is 1. The minimum Gasteiger partial charge on any atom is -0.394 e. The molecule has 1 aliphatic carbocycles. The molecule has 1 fully saturated rings. The molecule has 0 aliphatic heterocycles. The molecule has 2 rings (SSSR count). The first-order valence-corrected chi connectivity index (χ1v) is 7.22. The molecule has 0 bridgehead atoms. The van der Waals surface area contributed by atoms with Gasteiger partial charge in [-0.2, -0.15) is 0 Å². The molecule has 1 saturated carbocycles. The van der Waals surface area contributed by atoms with Gasteiger partial charge >= 0.3 is 6.03 Å². The van der Waals surface area contributed by atoms with E-state index in [0.29, 0.717) is 15.2 Å². The van der Waals surface area contributed by atoms with E-state index in [0.717, 1.165) is 25.7 Å². The fourth-order valence-electron chi connectivity index (χ4n) is 2.28. The van der Waals surface area contributed by atoms with Crippen molar-refractivity contribution in [3.05, 3.63) is 21.9 Å². The van der Waals surface area contributed by atoms with E-state index in [4.69, 9.17) is 11.6 Å². The number of amides is 2. The number of hydrogen-bond acceptors (Lipinski definition) is 3. The molecule has 0 atom stereocenters. The van der Waals surface area contributed by atoms with Crippen LogP contribution in [0.1, 0.15) is 25.7 Å². The largest absolute Gasteiger partial charge is 0.394 e. The molecular weight excluding hydrogens is 334 g/mol. The third-order valence-electron chi connectivity index (χ3n) is 3.33. The van der Waals surface area contributed by atoms with E-state index in [1.165, 1.54) is 6.20 Å². The van der Waals surface area contributed by atoms with Crippen LogP contribution in [0.3, 0.4) is 0 Å². The van der Waals surface area contributed by atoms with Crippen LogP contribution in [0.2, 0.25) is 5.02 Å². The summed E-state index contributed by atoms with van der Waals surface area (Å²) in [6, 6.07) is -0.377. The SMILES string of the molecule is O=C(Nc1cncc(Br)c1Cl)NC1(CO)CCCC1. The van der Waals surface area contributed by atoms with Gasteiger partial charge in [-0.3, -0.25) is 4.98 Å². The van der Waals surface area contributed by atoms with E-state index in [1.807, 2.05) is 0 Å². The summed E-state index contributed by atoms with van der Waals surface area (Å²) in [4.78, 5) is 15.9. The van der Waals surface area contributed by atoms with Gasteiger partial charge in [-0.25, -0.2) is 4.79 Å². The van der Waals surface area contributed by atoms with Crippen LogP contribution in [0.5, 0.6) is 0 Å². The number of pyridine rings is 1. The second-order valence-corrected chi connectivity index (χ2v) is 5.94. The topological polar surface area (TPSA) is 74.2 Å². The molecule has 19 heavy (non-hydrogen) atoms. The van der Waals surface area contributed by atoms with Crippen LogP contribution in [-0.4, -0.2) is 28.3 Å². The molecule has 5 nitrogen and oxygen atoms in total. The standard InChI is InChI=1S/C12H15BrClN3O2/c13-8-5-15-6-9(10(8)14)16-11(19)17-12(7-18)3-1-2-4-12/h5-6,18H,1-4,7H2,(H2,16,17,19). The Morgan fingerprint density at radius 3 is 2.79 bits per heavy atom. The molecule has 0 saturated heterocycles. The van der Waals surface area contributed by atoms with Crippen molar-refractivity contribution in [3.8, 4) is 0 Å². The number of urea groups is 1. The Morgan fingerprint density at radius 1 is 1.47 bits per heavy atom. The molecule has 0 spiro atoms. The lowest BCUT2D eigenvalue weighted by Crippen LogP contribution is -2.50. The number of aliphatic hydroxyl groups excluding tert-OH is 1. The molecule has 0 radical (unpaired) electrons. The molecule has 0 unspecified atom stereocenters. The predicted molar refractivity (Wildman–Crippen MR) is 77.4 cm³/mol. The maximum atomic E-state index is 12.0. The Kier molecular flexibility index (Phi) is 4.65. The Balaban J connectivity index is 2.03. The minimum absolute atomic E-state index is 0.0507. The first-order valence-electron chi connectivity index (χ1n) is 6.05. The summed E-state index contributed by atoms with van der Waals surface area (Å²) < 4.78 is 0.615. The molecular formula is C12H15BrClN3O2. The van der Waals surface area contributed by atoms with Gasteiger partial charge in [0, 0.05) is 6.20 Å². The average Bonchev–Trinajstić information content (AvgIpc) is 2.84. The van der Waals surface area contributed by atoms with E-state index < -0.39 is 5.54 Å². The van der Waals surface area contributed by atoms with Crippen molar-refractivity contribution in [3.63, 3.8) is 0 Å². The highest BCUT2D eigenvalue weighted by Crippen LogP contribution is 2.31. The molecule has 0 aromatic carbocycles. The third-order valence-corrected chi connectivity index (χ3v) is 4.56. The van der Waals surface area contributed by atoms with Crippen LogP contribution in [0, 0.1) is 0 Å². The number of rotatable bonds is 3. The number of nitrogens with zero attached hydrogens (tertiary/aromatic N) is 1. The predicted octanol–water partition coefficient (Wildman–Crippen LogP) is 2.92. The van der Waals surface area contributed by atoms with Crippen molar-refractivity contribution in [1.82, 2.24) is 10.3 Å². The monoisotopic (exact) mass is 347 g/mol. The van der Waals surface area contributed by atoms with Gasteiger partial charge in [-0.15, -0.1) is 0 Å². The lowest BCUT2D eigenvalue weighted by Gasteiger charge is -2.28. The van der Waals surface area contributed by atoms with Gasteiger partial charge < -0.3 is 15.7 Å². The van der Waals surface area contributed by atoms with E-state index in [9.17, 15) is 9.90 Å². The number of halogens is 2. The minimum atomic E-state index is -0.504. The van der Waals surface area contributed by atoms with Gasteiger partial charge in [0.1, 0.15) is 0 Å². The van der Waals surface area contributed by atoms with Gasteiger partial charge in [0.05, 0.1) is 33.5 Å². The number of nitrogens with one attached hydrogen (secondary N) is 2. The van der Waals surface area contributed by atoms with Crippen LogP contribution in [0.25, 0.3) is 0 Å². The normalized spacial score (nSPS) is 17.2. The highest BCUT2D eigenvalue weighted by Gasteiger charge is 2.34. The zero-order valence-electron chi connectivity index (χ0n) is 10.2. The second kappa shape index (κ2) is 6.07. The lowest BCUT2D eigenvalue weighted by atomic mass is 9.99. The number of carbonyl (C=O) groups excluding carboxylic acids is 1. The van der Waals surface area contributed by atoms with Crippen molar-refractivity contribution in [2.24, 2.45) is 0 Å². The molecule has 1 aromatic heterocycles. The average molecular weight is 349 g/mol. The van der Waals surface area contributed by atoms with E-state index >= 15 is 0 Å². The third kappa shape index (κ3) is 3.38. The van der Waals surface area contributed by atoms with Gasteiger partial charge in [-0.05, 0) is 28.8 Å². The number of carbonyl (C=O) groups is 1. The maximum absolute atomic E-state index is 12.0. The summed E-state index contributed by atoms with van der Waals surface area (Å²) in [6.07, 6.45) is 6.65. The summed E-state index contributed by atoms with van der Waals surface area (Å²) in [6.45, 7) is -0.0507. The number of aliphatic hydroxyl groups is 1.